The molecule has 2 amide bonds. The van der Waals surface area contributed by atoms with E-state index in [1.165, 1.54) is 19.3 Å². The number of carbonyl (C=O) groups is 2. The van der Waals surface area contributed by atoms with Crippen LogP contribution in [0.1, 0.15) is 46.0 Å². The summed E-state index contributed by atoms with van der Waals surface area (Å²) in [6.45, 7) is 4.28. The number of amides is 2. The minimum Gasteiger partial charge on any atom is -0.296 e. The second-order valence-electron chi connectivity index (χ2n) is 5.71. The predicted molar refractivity (Wildman–Crippen MR) is 61.5 cm³/mol. The van der Waals surface area contributed by atoms with Gasteiger partial charge < -0.3 is 0 Å². The zero-order valence-corrected chi connectivity index (χ0v) is 10.2. The molecule has 90 valence electrons. The Morgan fingerprint density at radius 3 is 2.50 bits per heavy atom. The molecular formula is C13H21NO2. The minimum atomic E-state index is -0.0677. The third-order valence-electron chi connectivity index (χ3n) is 4.02. The summed E-state index contributed by atoms with van der Waals surface area (Å²) in [5, 5.41) is 2.49. The SMILES string of the molecule is CC(C)CC1C(=O)NC(=O)CC1C1CCC1. The van der Waals surface area contributed by atoms with Gasteiger partial charge in [0, 0.05) is 12.3 Å². The van der Waals surface area contributed by atoms with Crippen LogP contribution >= 0.6 is 0 Å². The molecule has 1 heterocycles. The van der Waals surface area contributed by atoms with Crippen molar-refractivity contribution in [2.24, 2.45) is 23.7 Å². The average molecular weight is 223 g/mol. The highest BCUT2D eigenvalue weighted by Crippen LogP contribution is 2.42. The summed E-state index contributed by atoms with van der Waals surface area (Å²) in [4.78, 5) is 23.3. The van der Waals surface area contributed by atoms with Crippen molar-refractivity contribution in [1.82, 2.24) is 5.32 Å². The van der Waals surface area contributed by atoms with Gasteiger partial charge in [-0.25, -0.2) is 0 Å². The molecule has 0 bridgehead atoms. The van der Waals surface area contributed by atoms with E-state index in [1.807, 2.05) is 0 Å². The second kappa shape index (κ2) is 4.56. The minimum absolute atomic E-state index is 0.0261. The topological polar surface area (TPSA) is 46.2 Å². The van der Waals surface area contributed by atoms with Gasteiger partial charge in [-0.05, 0) is 24.2 Å². The van der Waals surface area contributed by atoms with Gasteiger partial charge in [0.15, 0.2) is 0 Å². The lowest BCUT2D eigenvalue weighted by Gasteiger charge is -2.40. The van der Waals surface area contributed by atoms with Crippen LogP contribution in [0.2, 0.25) is 0 Å². The third kappa shape index (κ3) is 2.28. The maximum absolute atomic E-state index is 11.9. The number of rotatable bonds is 3. The Morgan fingerprint density at radius 2 is 2.00 bits per heavy atom. The van der Waals surface area contributed by atoms with Crippen molar-refractivity contribution >= 4 is 11.8 Å². The fraction of sp³-hybridized carbons (Fsp3) is 0.846. The van der Waals surface area contributed by atoms with E-state index in [9.17, 15) is 9.59 Å². The Balaban J connectivity index is 2.08. The molecule has 2 aliphatic rings. The van der Waals surface area contributed by atoms with Crippen molar-refractivity contribution in [1.29, 1.82) is 0 Å². The van der Waals surface area contributed by atoms with E-state index in [2.05, 4.69) is 19.2 Å². The molecule has 0 radical (unpaired) electrons. The number of hydrogen-bond acceptors (Lipinski definition) is 2. The monoisotopic (exact) mass is 223 g/mol. The Labute approximate surface area is 97.0 Å². The van der Waals surface area contributed by atoms with Gasteiger partial charge in [-0.1, -0.05) is 33.1 Å². The van der Waals surface area contributed by atoms with Crippen molar-refractivity contribution in [2.75, 3.05) is 0 Å². The van der Waals surface area contributed by atoms with Crippen LogP contribution < -0.4 is 5.32 Å². The number of nitrogens with one attached hydrogen (secondary N) is 1. The molecule has 1 saturated heterocycles. The fourth-order valence-corrected chi connectivity index (χ4v) is 2.98. The zero-order valence-electron chi connectivity index (χ0n) is 10.2. The number of imide groups is 1. The van der Waals surface area contributed by atoms with Gasteiger partial charge >= 0.3 is 0 Å². The summed E-state index contributed by atoms with van der Waals surface area (Å²) < 4.78 is 0. The molecule has 1 aliphatic heterocycles. The van der Waals surface area contributed by atoms with E-state index in [4.69, 9.17) is 0 Å². The maximum Gasteiger partial charge on any atom is 0.229 e. The van der Waals surface area contributed by atoms with Crippen molar-refractivity contribution in [2.45, 2.75) is 46.0 Å². The Hall–Kier alpha value is -0.860. The first-order valence-electron chi connectivity index (χ1n) is 6.41. The van der Waals surface area contributed by atoms with Crippen LogP contribution in [0.3, 0.4) is 0 Å². The first-order chi connectivity index (χ1) is 7.58. The van der Waals surface area contributed by atoms with Crippen molar-refractivity contribution < 1.29 is 9.59 Å². The van der Waals surface area contributed by atoms with Crippen LogP contribution in [-0.2, 0) is 9.59 Å². The number of carbonyl (C=O) groups excluding carboxylic acids is 2. The average Bonchev–Trinajstić information content (AvgIpc) is 2.07. The molecule has 1 N–H and O–H groups in total. The molecule has 2 atom stereocenters. The molecule has 0 aromatic carbocycles. The summed E-state index contributed by atoms with van der Waals surface area (Å²) in [7, 11) is 0. The number of hydrogen-bond donors (Lipinski definition) is 1. The molecule has 0 aromatic heterocycles. The first kappa shape index (κ1) is 11.6. The Morgan fingerprint density at radius 1 is 1.31 bits per heavy atom. The lowest BCUT2D eigenvalue weighted by Crippen LogP contribution is -2.49. The molecule has 1 aliphatic carbocycles. The molecule has 2 rings (SSSR count). The summed E-state index contributed by atoms with van der Waals surface area (Å²) in [5.41, 5.74) is 0. The highest BCUT2D eigenvalue weighted by molar-refractivity contribution is 5.99. The Bertz CT molecular complexity index is 294. The normalized spacial score (nSPS) is 31.4. The van der Waals surface area contributed by atoms with E-state index in [0.29, 0.717) is 24.2 Å². The van der Waals surface area contributed by atoms with Crippen LogP contribution in [0.5, 0.6) is 0 Å². The predicted octanol–water partition coefficient (Wildman–Crippen LogP) is 2.11. The van der Waals surface area contributed by atoms with Gasteiger partial charge in [-0.15, -0.1) is 0 Å². The summed E-state index contributed by atoms with van der Waals surface area (Å²) in [5.74, 6) is 1.44. The van der Waals surface area contributed by atoms with Crippen molar-refractivity contribution in [3.05, 3.63) is 0 Å². The standard InChI is InChI=1S/C13H21NO2/c1-8(2)6-11-10(9-4-3-5-9)7-12(15)14-13(11)16/h8-11H,3-7H2,1-2H3,(H,14,15,16). The van der Waals surface area contributed by atoms with Gasteiger partial charge in [0.1, 0.15) is 0 Å². The van der Waals surface area contributed by atoms with Crippen LogP contribution in [0, 0.1) is 23.7 Å². The molecule has 2 fully saturated rings. The first-order valence-corrected chi connectivity index (χ1v) is 6.41. The van der Waals surface area contributed by atoms with E-state index in [0.717, 1.165) is 6.42 Å². The van der Waals surface area contributed by atoms with E-state index in [1.54, 1.807) is 0 Å². The quantitative estimate of drug-likeness (QED) is 0.745. The molecule has 16 heavy (non-hydrogen) atoms. The van der Waals surface area contributed by atoms with Crippen LogP contribution in [0.25, 0.3) is 0 Å². The molecule has 2 unspecified atom stereocenters. The summed E-state index contributed by atoms with van der Waals surface area (Å²) in [6, 6.07) is 0. The van der Waals surface area contributed by atoms with Crippen molar-refractivity contribution in [3.63, 3.8) is 0 Å². The number of piperidine rings is 1. The molecule has 3 heteroatoms. The Kier molecular flexibility index (Phi) is 3.31. The molecule has 0 aromatic rings. The van der Waals surface area contributed by atoms with Crippen LogP contribution in [0.4, 0.5) is 0 Å². The maximum atomic E-state index is 11.9. The van der Waals surface area contributed by atoms with Gasteiger partial charge in [0.05, 0.1) is 0 Å². The van der Waals surface area contributed by atoms with E-state index < -0.39 is 0 Å². The van der Waals surface area contributed by atoms with Gasteiger partial charge in [-0.3, -0.25) is 14.9 Å². The van der Waals surface area contributed by atoms with Crippen LogP contribution in [-0.4, -0.2) is 11.8 Å². The third-order valence-corrected chi connectivity index (χ3v) is 4.02. The van der Waals surface area contributed by atoms with Crippen molar-refractivity contribution in [3.8, 4) is 0 Å². The molecule has 0 spiro atoms. The van der Waals surface area contributed by atoms with E-state index in [-0.39, 0.29) is 17.7 Å². The fourth-order valence-electron chi connectivity index (χ4n) is 2.98. The van der Waals surface area contributed by atoms with Gasteiger partial charge in [-0.2, -0.15) is 0 Å². The zero-order chi connectivity index (χ0) is 11.7. The van der Waals surface area contributed by atoms with Gasteiger partial charge in [0.25, 0.3) is 0 Å². The molecular weight excluding hydrogens is 202 g/mol. The lowest BCUT2D eigenvalue weighted by atomic mass is 9.66. The van der Waals surface area contributed by atoms with Gasteiger partial charge in [0.2, 0.25) is 11.8 Å². The smallest absolute Gasteiger partial charge is 0.229 e. The summed E-state index contributed by atoms with van der Waals surface area (Å²) in [6.07, 6.45) is 5.17. The van der Waals surface area contributed by atoms with E-state index >= 15 is 0 Å². The summed E-state index contributed by atoms with van der Waals surface area (Å²) >= 11 is 0. The largest absolute Gasteiger partial charge is 0.296 e. The molecule has 1 saturated carbocycles. The lowest BCUT2D eigenvalue weighted by molar-refractivity contribution is -0.141. The highest BCUT2D eigenvalue weighted by Gasteiger charge is 2.41. The van der Waals surface area contributed by atoms with Crippen LogP contribution in [0.15, 0.2) is 0 Å². The second-order valence-corrected chi connectivity index (χ2v) is 5.71. The molecule has 3 nitrogen and oxygen atoms in total. The highest BCUT2D eigenvalue weighted by atomic mass is 16.2.